The van der Waals surface area contributed by atoms with Crippen LogP contribution in [0.25, 0.3) is 0 Å². The predicted molar refractivity (Wildman–Crippen MR) is 87.5 cm³/mol. The maximum Gasteiger partial charge on any atom is 0.191 e. The van der Waals surface area contributed by atoms with Crippen LogP contribution >= 0.6 is 0 Å². The van der Waals surface area contributed by atoms with Gasteiger partial charge < -0.3 is 15.4 Å². The van der Waals surface area contributed by atoms with Crippen LogP contribution in [-0.4, -0.2) is 32.2 Å². The van der Waals surface area contributed by atoms with Gasteiger partial charge in [0.2, 0.25) is 0 Å². The van der Waals surface area contributed by atoms with Crippen molar-refractivity contribution in [3.63, 3.8) is 0 Å². The predicted octanol–water partition coefficient (Wildman–Crippen LogP) is 2.73. The molecule has 1 aromatic rings. The fourth-order valence-electron chi connectivity index (χ4n) is 2.63. The van der Waals surface area contributed by atoms with Gasteiger partial charge in [-0.15, -0.1) is 0 Å². The highest BCUT2D eigenvalue weighted by Crippen LogP contribution is 2.34. The Labute approximate surface area is 128 Å². The number of hydrogen-bond donors (Lipinski definition) is 2. The number of guanidine groups is 1. The second-order valence-corrected chi connectivity index (χ2v) is 5.40. The summed E-state index contributed by atoms with van der Waals surface area (Å²) in [4.78, 5) is 4.72. The Morgan fingerprint density at radius 2 is 2.05 bits per heavy atom. The SMILES string of the molecule is CCCNC(=NCC1CCOC1c1ccccc1)NCC. The molecule has 1 saturated heterocycles. The maximum atomic E-state index is 5.91. The molecule has 0 aliphatic carbocycles. The van der Waals surface area contributed by atoms with E-state index in [0.29, 0.717) is 5.92 Å². The first-order chi connectivity index (χ1) is 10.3. The molecular weight excluding hydrogens is 262 g/mol. The van der Waals surface area contributed by atoms with E-state index in [-0.39, 0.29) is 6.10 Å². The van der Waals surface area contributed by atoms with Gasteiger partial charge in [-0.25, -0.2) is 0 Å². The van der Waals surface area contributed by atoms with Crippen molar-refractivity contribution in [2.75, 3.05) is 26.2 Å². The standard InChI is InChI=1S/C17H27N3O/c1-3-11-19-17(18-4-2)20-13-15-10-12-21-16(15)14-8-6-5-7-9-14/h5-9,15-16H,3-4,10-13H2,1-2H3,(H2,18,19,20). The van der Waals surface area contributed by atoms with Crippen LogP contribution in [0, 0.1) is 5.92 Å². The van der Waals surface area contributed by atoms with Crippen molar-refractivity contribution in [2.45, 2.75) is 32.8 Å². The molecule has 4 heteroatoms. The Hall–Kier alpha value is -1.55. The van der Waals surface area contributed by atoms with Crippen LogP contribution in [0.3, 0.4) is 0 Å². The van der Waals surface area contributed by atoms with Crippen molar-refractivity contribution in [3.05, 3.63) is 35.9 Å². The third-order valence-electron chi connectivity index (χ3n) is 3.71. The highest BCUT2D eigenvalue weighted by Gasteiger charge is 2.29. The summed E-state index contributed by atoms with van der Waals surface area (Å²) in [5.41, 5.74) is 1.27. The molecule has 1 aliphatic rings. The van der Waals surface area contributed by atoms with E-state index in [4.69, 9.17) is 9.73 Å². The monoisotopic (exact) mass is 289 g/mol. The van der Waals surface area contributed by atoms with Crippen molar-refractivity contribution in [1.82, 2.24) is 10.6 Å². The van der Waals surface area contributed by atoms with Gasteiger partial charge >= 0.3 is 0 Å². The largest absolute Gasteiger partial charge is 0.373 e. The highest BCUT2D eigenvalue weighted by molar-refractivity contribution is 5.79. The summed E-state index contributed by atoms with van der Waals surface area (Å²) in [5.74, 6) is 1.38. The summed E-state index contributed by atoms with van der Waals surface area (Å²) in [6.45, 7) is 7.73. The Bertz CT molecular complexity index is 433. The minimum atomic E-state index is 0.184. The summed E-state index contributed by atoms with van der Waals surface area (Å²) in [7, 11) is 0. The van der Waals surface area contributed by atoms with Gasteiger partial charge in [0, 0.05) is 32.2 Å². The first-order valence-corrected chi connectivity index (χ1v) is 8.03. The molecule has 0 spiro atoms. The number of benzene rings is 1. The lowest BCUT2D eigenvalue weighted by molar-refractivity contribution is 0.0925. The van der Waals surface area contributed by atoms with Crippen molar-refractivity contribution < 1.29 is 4.74 Å². The van der Waals surface area contributed by atoms with Crippen LogP contribution < -0.4 is 10.6 Å². The summed E-state index contributed by atoms with van der Waals surface area (Å²) in [5, 5.41) is 6.64. The second kappa shape index (κ2) is 8.67. The van der Waals surface area contributed by atoms with Crippen LogP contribution in [0.4, 0.5) is 0 Å². The Balaban J connectivity index is 1.96. The minimum Gasteiger partial charge on any atom is -0.373 e. The van der Waals surface area contributed by atoms with Crippen molar-refractivity contribution in [1.29, 1.82) is 0 Å². The van der Waals surface area contributed by atoms with E-state index in [2.05, 4.69) is 48.7 Å². The van der Waals surface area contributed by atoms with Crippen LogP contribution in [0.2, 0.25) is 0 Å². The number of ether oxygens (including phenoxy) is 1. The smallest absolute Gasteiger partial charge is 0.191 e. The van der Waals surface area contributed by atoms with Gasteiger partial charge in [-0.3, -0.25) is 4.99 Å². The average molecular weight is 289 g/mol. The molecule has 116 valence electrons. The van der Waals surface area contributed by atoms with Crippen molar-refractivity contribution in [3.8, 4) is 0 Å². The molecule has 0 bridgehead atoms. The molecule has 4 nitrogen and oxygen atoms in total. The zero-order chi connectivity index (χ0) is 14.9. The Morgan fingerprint density at radius 3 is 2.76 bits per heavy atom. The normalized spacial score (nSPS) is 22.3. The fraction of sp³-hybridized carbons (Fsp3) is 0.588. The molecule has 2 rings (SSSR count). The van der Waals surface area contributed by atoms with Gasteiger partial charge in [-0.05, 0) is 25.3 Å². The Kier molecular flexibility index (Phi) is 6.54. The lowest BCUT2D eigenvalue weighted by Crippen LogP contribution is -2.38. The number of aliphatic imine (C=N–C) groups is 1. The molecule has 1 fully saturated rings. The molecule has 0 amide bonds. The van der Waals surface area contributed by atoms with Crippen molar-refractivity contribution in [2.24, 2.45) is 10.9 Å². The number of nitrogens with zero attached hydrogens (tertiary/aromatic N) is 1. The fourth-order valence-corrected chi connectivity index (χ4v) is 2.63. The third-order valence-corrected chi connectivity index (χ3v) is 3.71. The molecule has 1 heterocycles. The van der Waals surface area contributed by atoms with E-state index in [9.17, 15) is 0 Å². The van der Waals surface area contributed by atoms with E-state index >= 15 is 0 Å². The average Bonchev–Trinajstić information content (AvgIpc) is 2.99. The zero-order valence-electron chi connectivity index (χ0n) is 13.1. The quantitative estimate of drug-likeness (QED) is 0.625. The van der Waals surface area contributed by atoms with Gasteiger partial charge in [-0.1, -0.05) is 37.3 Å². The summed E-state index contributed by atoms with van der Waals surface area (Å²) >= 11 is 0. The molecule has 2 N–H and O–H groups in total. The lowest BCUT2D eigenvalue weighted by atomic mass is 9.95. The van der Waals surface area contributed by atoms with Crippen molar-refractivity contribution >= 4 is 5.96 Å². The summed E-state index contributed by atoms with van der Waals surface area (Å²) < 4.78 is 5.91. The highest BCUT2D eigenvalue weighted by atomic mass is 16.5. The van der Waals surface area contributed by atoms with Crippen LogP contribution in [0.1, 0.15) is 38.4 Å². The molecule has 0 saturated carbocycles. The second-order valence-electron chi connectivity index (χ2n) is 5.40. The van der Waals surface area contributed by atoms with Crippen LogP contribution in [0.15, 0.2) is 35.3 Å². The molecule has 2 unspecified atom stereocenters. The molecule has 1 aliphatic heterocycles. The lowest BCUT2D eigenvalue weighted by Gasteiger charge is -2.18. The molecule has 0 radical (unpaired) electrons. The van der Waals surface area contributed by atoms with E-state index in [1.165, 1.54) is 5.56 Å². The molecular formula is C17H27N3O. The zero-order valence-corrected chi connectivity index (χ0v) is 13.1. The van der Waals surface area contributed by atoms with E-state index in [1.807, 2.05) is 6.07 Å². The van der Waals surface area contributed by atoms with Gasteiger partial charge in [0.05, 0.1) is 6.10 Å². The number of rotatable bonds is 6. The van der Waals surface area contributed by atoms with Gasteiger partial charge in [0.15, 0.2) is 5.96 Å². The molecule has 1 aromatic carbocycles. The van der Waals surface area contributed by atoms with Crippen LogP contribution in [0.5, 0.6) is 0 Å². The topological polar surface area (TPSA) is 45.7 Å². The number of hydrogen-bond acceptors (Lipinski definition) is 2. The Morgan fingerprint density at radius 1 is 1.24 bits per heavy atom. The number of nitrogens with one attached hydrogen (secondary N) is 2. The van der Waals surface area contributed by atoms with Gasteiger partial charge in [0.1, 0.15) is 0 Å². The van der Waals surface area contributed by atoms with E-state index in [0.717, 1.165) is 45.0 Å². The van der Waals surface area contributed by atoms with Gasteiger partial charge in [0.25, 0.3) is 0 Å². The molecule has 2 atom stereocenters. The first kappa shape index (κ1) is 15.8. The van der Waals surface area contributed by atoms with Crippen LogP contribution in [-0.2, 0) is 4.74 Å². The van der Waals surface area contributed by atoms with Gasteiger partial charge in [-0.2, -0.15) is 0 Å². The first-order valence-electron chi connectivity index (χ1n) is 8.03. The molecule has 0 aromatic heterocycles. The summed E-state index contributed by atoms with van der Waals surface area (Å²) in [6, 6.07) is 10.5. The third kappa shape index (κ3) is 4.74. The maximum absolute atomic E-state index is 5.91. The van der Waals surface area contributed by atoms with E-state index in [1.54, 1.807) is 0 Å². The molecule has 21 heavy (non-hydrogen) atoms. The summed E-state index contributed by atoms with van der Waals surface area (Å²) in [6.07, 6.45) is 2.36. The minimum absolute atomic E-state index is 0.184. The van der Waals surface area contributed by atoms with E-state index < -0.39 is 0 Å².